The minimum Gasteiger partial charge on any atom is -0.396 e. The lowest BCUT2D eigenvalue weighted by Gasteiger charge is -2.00. The van der Waals surface area contributed by atoms with Gasteiger partial charge in [0, 0.05) is 5.02 Å². The third-order valence-electron chi connectivity index (χ3n) is 1.30. The quantitative estimate of drug-likeness (QED) is 0.603. The van der Waals surface area contributed by atoms with E-state index in [-0.39, 0.29) is 13.1 Å². The molecule has 1 aromatic rings. The molecule has 2 N–H and O–H groups in total. The Morgan fingerprint density at radius 3 is 2.45 bits per heavy atom. The smallest absolute Gasteiger partial charge is 0.147 e. The van der Waals surface area contributed by atoms with Gasteiger partial charge in [0.25, 0.3) is 0 Å². The third-order valence-corrected chi connectivity index (χ3v) is 1.52. The number of benzene rings is 1. The molecule has 0 aliphatic carbocycles. The third kappa shape index (κ3) is 2.09. The Balaban J connectivity index is 0.000001000. The zero-order valence-electron chi connectivity index (χ0n) is 5.49. The molecule has 0 saturated carbocycles. The van der Waals surface area contributed by atoms with Crippen LogP contribution in [0.15, 0.2) is 12.1 Å². The number of aryl methyl sites for hydroxylation is 1. The van der Waals surface area contributed by atoms with Crippen LogP contribution < -0.4 is 5.73 Å². The van der Waals surface area contributed by atoms with Crippen molar-refractivity contribution in [3.05, 3.63) is 28.5 Å². The number of halogens is 2. The Morgan fingerprint density at radius 2 is 2.00 bits per heavy atom. The van der Waals surface area contributed by atoms with Crippen LogP contribution in [0, 0.1) is 12.7 Å². The summed E-state index contributed by atoms with van der Waals surface area (Å²) in [5.74, 6) is -0.454. The molecule has 0 atom stereocenters. The second-order valence-electron chi connectivity index (χ2n) is 2.12. The topological polar surface area (TPSA) is 26.0 Å². The molecule has 0 spiro atoms. The van der Waals surface area contributed by atoms with Gasteiger partial charge in [0.05, 0.1) is 5.69 Å². The largest absolute Gasteiger partial charge is 0.396 e. The lowest BCUT2D eigenvalue weighted by atomic mass is 10.2. The molecule has 0 radical (unpaired) electrons. The number of anilines is 1. The molecule has 0 unspecified atom stereocenters. The summed E-state index contributed by atoms with van der Waals surface area (Å²) in [6, 6.07) is 2.82. The SMILES string of the molecule is C.Cc1cc(Cl)cc(F)c1N. The maximum atomic E-state index is 12.6. The summed E-state index contributed by atoms with van der Waals surface area (Å²) in [6.07, 6.45) is 0. The van der Waals surface area contributed by atoms with E-state index in [0.29, 0.717) is 10.6 Å². The van der Waals surface area contributed by atoms with Crippen LogP contribution in [0.2, 0.25) is 5.02 Å². The van der Waals surface area contributed by atoms with Gasteiger partial charge in [-0.3, -0.25) is 0 Å². The van der Waals surface area contributed by atoms with Crippen LogP contribution in [0.4, 0.5) is 10.1 Å². The number of hydrogen-bond donors (Lipinski definition) is 1. The summed E-state index contributed by atoms with van der Waals surface area (Å²) in [5.41, 5.74) is 6.16. The van der Waals surface area contributed by atoms with Crippen LogP contribution in [-0.2, 0) is 0 Å². The van der Waals surface area contributed by atoms with Crippen molar-refractivity contribution in [2.24, 2.45) is 0 Å². The van der Waals surface area contributed by atoms with Crippen LogP contribution in [0.5, 0.6) is 0 Å². The summed E-state index contributed by atoms with van der Waals surface area (Å²) in [5, 5.41) is 0.379. The van der Waals surface area contributed by atoms with Gasteiger partial charge in [-0.05, 0) is 24.6 Å². The van der Waals surface area contributed by atoms with E-state index < -0.39 is 5.82 Å². The van der Waals surface area contributed by atoms with E-state index in [0.717, 1.165) is 0 Å². The summed E-state index contributed by atoms with van der Waals surface area (Å²) in [6.45, 7) is 1.71. The van der Waals surface area contributed by atoms with Crippen LogP contribution in [0.25, 0.3) is 0 Å². The molecule has 0 aromatic heterocycles. The Labute approximate surface area is 71.0 Å². The number of rotatable bonds is 0. The summed E-state index contributed by atoms with van der Waals surface area (Å²) in [4.78, 5) is 0. The molecule has 0 aliphatic heterocycles. The molecule has 0 saturated heterocycles. The first-order valence-electron chi connectivity index (χ1n) is 2.82. The molecule has 1 aromatic carbocycles. The van der Waals surface area contributed by atoms with E-state index in [9.17, 15) is 4.39 Å². The van der Waals surface area contributed by atoms with Gasteiger partial charge < -0.3 is 5.73 Å². The van der Waals surface area contributed by atoms with Crippen molar-refractivity contribution in [2.45, 2.75) is 14.4 Å². The van der Waals surface area contributed by atoms with Gasteiger partial charge in [0.1, 0.15) is 5.82 Å². The fraction of sp³-hybridized carbons (Fsp3) is 0.250. The second kappa shape index (κ2) is 3.58. The van der Waals surface area contributed by atoms with E-state index in [4.69, 9.17) is 17.3 Å². The predicted octanol–water partition coefficient (Wildman–Crippen LogP) is 3.01. The van der Waals surface area contributed by atoms with Crippen molar-refractivity contribution in [1.29, 1.82) is 0 Å². The Bertz CT molecular complexity index is 237. The van der Waals surface area contributed by atoms with Crippen molar-refractivity contribution in [1.82, 2.24) is 0 Å². The highest BCUT2D eigenvalue weighted by atomic mass is 35.5. The number of hydrogen-bond acceptors (Lipinski definition) is 1. The molecular formula is C8H11ClFN. The van der Waals surface area contributed by atoms with Gasteiger partial charge in [0.2, 0.25) is 0 Å². The molecule has 1 rings (SSSR count). The molecular weight excluding hydrogens is 165 g/mol. The zero-order chi connectivity index (χ0) is 7.72. The molecule has 3 heteroatoms. The van der Waals surface area contributed by atoms with E-state index in [1.165, 1.54) is 6.07 Å². The molecule has 0 heterocycles. The highest BCUT2D eigenvalue weighted by Gasteiger charge is 2.01. The van der Waals surface area contributed by atoms with Gasteiger partial charge in [0.15, 0.2) is 0 Å². The lowest BCUT2D eigenvalue weighted by Crippen LogP contribution is -1.93. The predicted molar refractivity (Wildman–Crippen MR) is 47.3 cm³/mol. The summed E-state index contributed by atoms with van der Waals surface area (Å²) >= 11 is 5.53. The molecule has 0 amide bonds. The first-order chi connectivity index (χ1) is 4.61. The summed E-state index contributed by atoms with van der Waals surface area (Å²) in [7, 11) is 0. The van der Waals surface area contributed by atoms with Crippen molar-refractivity contribution in [3.63, 3.8) is 0 Å². The molecule has 1 nitrogen and oxygen atoms in total. The fourth-order valence-corrected chi connectivity index (χ4v) is 0.973. The maximum absolute atomic E-state index is 12.6. The summed E-state index contributed by atoms with van der Waals surface area (Å²) < 4.78 is 12.6. The highest BCUT2D eigenvalue weighted by molar-refractivity contribution is 6.30. The normalized spacial score (nSPS) is 9.00. The van der Waals surface area contributed by atoms with E-state index >= 15 is 0 Å². The van der Waals surface area contributed by atoms with Crippen LogP contribution >= 0.6 is 11.6 Å². The zero-order valence-corrected chi connectivity index (χ0v) is 6.24. The standard InChI is InChI=1S/C7H7ClFN.CH4/c1-4-2-5(8)3-6(9)7(4)10;/h2-3H,10H2,1H3;1H4. The van der Waals surface area contributed by atoms with E-state index in [1.807, 2.05) is 0 Å². The molecule has 0 fully saturated rings. The van der Waals surface area contributed by atoms with Gasteiger partial charge in [-0.2, -0.15) is 0 Å². The van der Waals surface area contributed by atoms with Crippen molar-refractivity contribution in [3.8, 4) is 0 Å². The fourth-order valence-electron chi connectivity index (χ4n) is 0.713. The Kier molecular flexibility index (Phi) is 3.33. The minimum atomic E-state index is -0.454. The van der Waals surface area contributed by atoms with Crippen molar-refractivity contribution < 1.29 is 4.39 Å². The van der Waals surface area contributed by atoms with Gasteiger partial charge >= 0.3 is 0 Å². The van der Waals surface area contributed by atoms with E-state index in [2.05, 4.69) is 0 Å². The average molecular weight is 176 g/mol. The van der Waals surface area contributed by atoms with E-state index in [1.54, 1.807) is 13.0 Å². The molecule has 11 heavy (non-hydrogen) atoms. The van der Waals surface area contributed by atoms with Crippen molar-refractivity contribution >= 4 is 17.3 Å². The minimum absolute atomic E-state index is 0. The van der Waals surface area contributed by atoms with Crippen LogP contribution in [0.3, 0.4) is 0 Å². The van der Waals surface area contributed by atoms with Crippen molar-refractivity contribution in [2.75, 3.05) is 5.73 Å². The first kappa shape index (κ1) is 10.2. The average Bonchev–Trinajstić information content (AvgIpc) is 1.82. The van der Waals surface area contributed by atoms with Crippen LogP contribution in [-0.4, -0.2) is 0 Å². The highest BCUT2D eigenvalue weighted by Crippen LogP contribution is 2.20. The van der Waals surface area contributed by atoms with Gasteiger partial charge in [-0.15, -0.1) is 0 Å². The molecule has 0 bridgehead atoms. The lowest BCUT2D eigenvalue weighted by molar-refractivity contribution is 0.631. The second-order valence-corrected chi connectivity index (χ2v) is 2.55. The van der Waals surface area contributed by atoms with Crippen LogP contribution in [0.1, 0.15) is 13.0 Å². The Hall–Kier alpha value is -0.760. The van der Waals surface area contributed by atoms with Gasteiger partial charge in [-0.1, -0.05) is 19.0 Å². The number of nitrogen functional groups attached to an aromatic ring is 1. The van der Waals surface area contributed by atoms with Gasteiger partial charge in [-0.25, -0.2) is 4.39 Å². The monoisotopic (exact) mass is 175 g/mol. The Morgan fingerprint density at radius 1 is 1.45 bits per heavy atom. The first-order valence-corrected chi connectivity index (χ1v) is 3.20. The molecule has 0 aliphatic rings. The maximum Gasteiger partial charge on any atom is 0.147 e. The number of nitrogens with two attached hydrogens (primary N) is 1. The molecule has 62 valence electrons.